The lowest BCUT2D eigenvalue weighted by Crippen LogP contribution is -2.12. The van der Waals surface area contributed by atoms with Crippen LogP contribution in [-0.4, -0.2) is 22.9 Å². The number of hydrogen-bond acceptors (Lipinski definition) is 3. The van der Waals surface area contributed by atoms with Crippen LogP contribution >= 0.6 is 11.6 Å². The van der Waals surface area contributed by atoms with Crippen molar-refractivity contribution in [1.82, 2.24) is 9.78 Å². The number of hydrogen-bond donors (Lipinski definition) is 0. The number of esters is 1. The Labute approximate surface area is 126 Å². The third kappa shape index (κ3) is 2.50. The summed E-state index contributed by atoms with van der Waals surface area (Å²) in [4.78, 5) is 11.5. The molecule has 0 unspecified atom stereocenters. The smallest absolute Gasteiger partial charge is 0.327 e. The van der Waals surface area contributed by atoms with Crippen molar-refractivity contribution < 1.29 is 9.53 Å². The van der Waals surface area contributed by atoms with Crippen molar-refractivity contribution in [2.45, 2.75) is 6.54 Å². The molecule has 0 aliphatic carbocycles. The molecule has 0 N–H and O–H groups in total. The predicted molar refractivity (Wildman–Crippen MR) is 82.2 cm³/mol. The standard InChI is InChI=1S/C16H13ClN2O2/c1-21-15(20)10-19-14-9-5-3-7-12(14)16(18-19)11-6-2-4-8-13(11)17/h2-9H,10H2,1H3. The Hall–Kier alpha value is -2.33. The molecule has 0 amide bonds. The van der Waals surface area contributed by atoms with Gasteiger partial charge in [-0.15, -0.1) is 0 Å². The molecular formula is C16H13ClN2O2. The van der Waals surface area contributed by atoms with Crippen LogP contribution in [0.2, 0.25) is 5.02 Å². The fourth-order valence-corrected chi connectivity index (χ4v) is 2.51. The zero-order valence-electron chi connectivity index (χ0n) is 11.4. The fourth-order valence-electron chi connectivity index (χ4n) is 2.29. The molecule has 5 heteroatoms. The molecule has 0 radical (unpaired) electrons. The molecule has 3 rings (SSSR count). The topological polar surface area (TPSA) is 44.1 Å². The number of ether oxygens (including phenoxy) is 1. The highest BCUT2D eigenvalue weighted by Crippen LogP contribution is 2.32. The van der Waals surface area contributed by atoms with Gasteiger partial charge in [-0.25, -0.2) is 0 Å². The molecule has 0 saturated carbocycles. The van der Waals surface area contributed by atoms with E-state index in [1.165, 1.54) is 7.11 Å². The lowest BCUT2D eigenvalue weighted by atomic mass is 10.1. The van der Waals surface area contributed by atoms with E-state index in [1.54, 1.807) is 4.68 Å². The summed E-state index contributed by atoms with van der Waals surface area (Å²) < 4.78 is 6.35. The normalized spacial score (nSPS) is 10.8. The van der Waals surface area contributed by atoms with Crippen molar-refractivity contribution in [1.29, 1.82) is 0 Å². The molecule has 21 heavy (non-hydrogen) atoms. The first-order valence-corrected chi connectivity index (χ1v) is 6.86. The highest BCUT2D eigenvalue weighted by molar-refractivity contribution is 6.33. The third-order valence-electron chi connectivity index (χ3n) is 3.29. The quantitative estimate of drug-likeness (QED) is 0.695. The lowest BCUT2D eigenvalue weighted by Gasteiger charge is -2.01. The van der Waals surface area contributed by atoms with Crippen LogP contribution in [-0.2, 0) is 16.1 Å². The van der Waals surface area contributed by atoms with Gasteiger partial charge in [-0.3, -0.25) is 9.48 Å². The average Bonchev–Trinajstić information content (AvgIpc) is 2.86. The third-order valence-corrected chi connectivity index (χ3v) is 3.62. The number of halogens is 1. The van der Waals surface area contributed by atoms with Gasteiger partial charge < -0.3 is 4.74 Å². The van der Waals surface area contributed by atoms with Gasteiger partial charge in [-0.2, -0.15) is 5.10 Å². The first-order valence-electron chi connectivity index (χ1n) is 6.48. The van der Waals surface area contributed by atoms with E-state index in [-0.39, 0.29) is 12.5 Å². The van der Waals surface area contributed by atoms with E-state index in [0.717, 1.165) is 22.2 Å². The van der Waals surface area contributed by atoms with Gasteiger partial charge in [0.25, 0.3) is 0 Å². The lowest BCUT2D eigenvalue weighted by molar-refractivity contribution is -0.141. The van der Waals surface area contributed by atoms with E-state index < -0.39 is 0 Å². The molecule has 4 nitrogen and oxygen atoms in total. The van der Waals surface area contributed by atoms with Crippen LogP contribution in [0, 0.1) is 0 Å². The number of rotatable bonds is 3. The second kappa shape index (κ2) is 5.58. The van der Waals surface area contributed by atoms with E-state index in [4.69, 9.17) is 16.3 Å². The van der Waals surface area contributed by atoms with E-state index in [2.05, 4.69) is 5.10 Å². The summed E-state index contributed by atoms with van der Waals surface area (Å²) in [5.41, 5.74) is 2.48. The fraction of sp³-hybridized carbons (Fsp3) is 0.125. The second-order valence-corrected chi connectivity index (χ2v) is 4.99. The summed E-state index contributed by atoms with van der Waals surface area (Å²) >= 11 is 6.26. The Morgan fingerprint density at radius 3 is 2.67 bits per heavy atom. The van der Waals surface area contributed by atoms with Crippen LogP contribution in [0.5, 0.6) is 0 Å². The number of methoxy groups -OCH3 is 1. The van der Waals surface area contributed by atoms with Crippen LogP contribution in [0.3, 0.4) is 0 Å². The summed E-state index contributed by atoms with van der Waals surface area (Å²) in [6.07, 6.45) is 0. The first-order chi connectivity index (χ1) is 10.2. The van der Waals surface area contributed by atoms with Crippen molar-refractivity contribution in [2.24, 2.45) is 0 Å². The SMILES string of the molecule is COC(=O)Cn1nc(-c2ccccc2Cl)c2ccccc21. The molecule has 0 atom stereocenters. The van der Waals surface area contributed by atoms with Gasteiger partial charge in [0.05, 0.1) is 17.6 Å². The Morgan fingerprint density at radius 2 is 1.90 bits per heavy atom. The minimum absolute atomic E-state index is 0.0709. The predicted octanol–water partition coefficient (Wildman–Crippen LogP) is 3.53. The van der Waals surface area contributed by atoms with E-state index >= 15 is 0 Å². The summed E-state index contributed by atoms with van der Waals surface area (Å²) in [5, 5.41) is 6.12. The first kappa shape index (κ1) is 13.6. The summed E-state index contributed by atoms with van der Waals surface area (Å²) in [6.45, 7) is 0.0709. The monoisotopic (exact) mass is 300 g/mol. The number of benzene rings is 2. The van der Waals surface area contributed by atoms with Crippen LogP contribution < -0.4 is 0 Å². The zero-order valence-corrected chi connectivity index (χ0v) is 12.2. The molecule has 1 aromatic heterocycles. The van der Waals surface area contributed by atoms with Crippen LogP contribution in [0.1, 0.15) is 0 Å². The van der Waals surface area contributed by atoms with Crippen LogP contribution in [0.4, 0.5) is 0 Å². The van der Waals surface area contributed by atoms with E-state index in [9.17, 15) is 4.79 Å². The maximum Gasteiger partial charge on any atom is 0.327 e. The Kier molecular flexibility index (Phi) is 3.62. The number of nitrogens with zero attached hydrogens (tertiary/aromatic N) is 2. The van der Waals surface area contributed by atoms with Crippen molar-refractivity contribution in [2.75, 3.05) is 7.11 Å². The minimum atomic E-state index is -0.339. The van der Waals surface area contributed by atoms with Gasteiger partial charge in [0, 0.05) is 10.9 Å². The van der Waals surface area contributed by atoms with Crippen molar-refractivity contribution >= 4 is 28.5 Å². The van der Waals surface area contributed by atoms with Gasteiger partial charge in [-0.1, -0.05) is 48.0 Å². The molecule has 0 bridgehead atoms. The molecule has 2 aromatic carbocycles. The number of aromatic nitrogens is 2. The Morgan fingerprint density at radius 1 is 1.19 bits per heavy atom. The van der Waals surface area contributed by atoms with Crippen LogP contribution in [0.25, 0.3) is 22.2 Å². The maximum absolute atomic E-state index is 11.5. The summed E-state index contributed by atoms with van der Waals surface area (Å²) in [5.74, 6) is -0.339. The highest BCUT2D eigenvalue weighted by Gasteiger charge is 2.15. The largest absolute Gasteiger partial charge is 0.468 e. The van der Waals surface area contributed by atoms with Crippen molar-refractivity contribution in [3.63, 3.8) is 0 Å². The molecule has 0 aliphatic heterocycles. The number of para-hydroxylation sites is 1. The molecule has 106 valence electrons. The number of fused-ring (bicyclic) bond motifs is 1. The number of carbonyl (C=O) groups excluding carboxylic acids is 1. The number of carbonyl (C=O) groups is 1. The molecule has 0 saturated heterocycles. The van der Waals surface area contributed by atoms with Crippen molar-refractivity contribution in [3.8, 4) is 11.3 Å². The summed E-state index contributed by atoms with van der Waals surface area (Å²) in [6, 6.07) is 15.3. The van der Waals surface area contributed by atoms with Gasteiger partial charge >= 0.3 is 5.97 Å². The molecular weight excluding hydrogens is 288 g/mol. The molecule has 1 heterocycles. The maximum atomic E-state index is 11.5. The van der Waals surface area contributed by atoms with Gasteiger partial charge in [0.1, 0.15) is 12.2 Å². The van der Waals surface area contributed by atoms with Gasteiger partial charge in [0.2, 0.25) is 0 Å². The highest BCUT2D eigenvalue weighted by atomic mass is 35.5. The second-order valence-electron chi connectivity index (χ2n) is 4.58. The Bertz CT molecular complexity index is 811. The van der Waals surface area contributed by atoms with Gasteiger partial charge in [-0.05, 0) is 12.1 Å². The van der Waals surface area contributed by atoms with Crippen LogP contribution in [0.15, 0.2) is 48.5 Å². The van der Waals surface area contributed by atoms with E-state index in [1.807, 2.05) is 48.5 Å². The Balaban J connectivity index is 2.20. The molecule has 0 spiro atoms. The minimum Gasteiger partial charge on any atom is -0.468 e. The molecule has 3 aromatic rings. The van der Waals surface area contributed by atoms with Gasteiger partial charge in [0.15, 0.2) is 0 Å². The molecule has 0 fully saturated rings. The molecule has 0 aliphatic rings. The van der Waals surface area contributed by atoms with E-state index in [0.29, 0.717) is 5.02 Å². The van der Waals surface area contributed by atoms with Crippen molar-refractivity contribution in [3.05, 3.63) is 53.6 Å². The summed E-state index contributed by atoms with van der Waals surface area (Å²) in [7, 11) is 1.36. The average molecular weight is 301 g/mol. The zero-order chi connectivity index (χ0) is 14.8.